The number of aromatic nitrogens is 5. The number of rotatable bonds is 7. The Bertz CT molecular complexity index is 1380. The van der Waals surface area contributed by atoms with Gasteiger partial charge in [0.15, 0.2) is 0 Å². The van der Waals surface area contributed by atoms with E-state index in [4.69, 9.17) is 4.74 Å². The Morgan fingerprint density at radius 1 is 1.34 bits per heavy atom. The van der Waals surface area contributed by atoms with Crippen LogP contribution in [-0.2, 0) is 17.8 Å². The molecule has 0 fully saturated rings. The Balaban J connectivity index is 1.43. The van der Waals surface area contributed by atoms with E-state index in [1.54, 1.807) is 24.3 Å². The number of aryl methyl sites for hydroxylation is 1. The van der Waals surface area contributed by atoms with E-state index < -0.39 is 5.91 Å². The third kappa shape index (κ3) is 4.85. The average Bonchev–Trinajstić information content (AvgIpc) is 3.46. The fourth-order valence-corrected chi connectivity index (χ4v) is 3.94. The molecule has 0 bridgehead atoms. The maximum Gasteiger partial charge on any atom is 0.275 e. The number of nitrogens with zero attached hydrogens (tertiary/aromatic N) is 6. The SMILES string of the molecule is CCc1nn2c(=O)cc(COc3ccc(C=C(C#N)C(=O)Nc4nncs4)cc3)nc2s1. The predicted molar refractivity (Wildman–Crippen MR) is 119 cm³/mol. The number of hydrogen-bond donors (Lipinski definition) is 1. The molecule has 32 heavy (non-hydrogen) atoms. The molecule has 0 aliphatic rings. The minimum absolute atomic E-state index is 0.0668. The summed E-state index contributed by atoms with van der Waals surface area (Å²) in [5, 5.41) is 24.5. The van der Waals surface area contributed by atoms with Crippen molar-refractivity contribution in [3.63, 3.8) is 0 Å². The summed E-state index contributed by atoms with van der Waals surface area (Å²) in [5.74, 6) is -0.00820. The summed E-state index contributed by atoms with van der Waals surface area (Å²) in [7, 11) is 0. The zero-order chi connectivity index (χ0) is 22.5. The molecule has 1 amide bonds. The van der Waals surface area contributed by atoms with E-state index in [9.17, 15) is 14.9 Å². The molecule has 0 unspecified atom stereocenters. The highest BCUT2D eigenvalue weighted by Crippen LogP contribution is 2.18. The predicted octanol–water partition coefficient (Wildman–Crippen LogP) is 2.69. The Morgan fingerprint density at radius 3 is 2.84 bits per heavy atom. The van der Waals surface area contributed by atoms with Crippen LogP contribution in [0.15, 0.2) is 46.2 Å². The lowest BCUT2D eigenvalue weighted by molar-refractivity contribution is -0.112. The van der Waals surface area contributed by atoms with Crippen LogP contribution in [0, 0.1) is 11.3 Å². The molecule has 10 nitrogen and oxygen atoms in total. The first-order chi connectivity index (χ1) is 15.6. The van der Waals surface area contributed by atoms with Crippen molar-refractivity contribution < 1.29 is 9.53 Å². The van der Waals surface area contributed by atoms with Gasteiger partial charge in [-0.3, -0.25) is 14.9 Å². The lowest BCUT2D eigenvalue weighted by atomic mass is 10.1. The minimum atomic E-state index is -0.563. The van der Waals surface area contributed by atoms with Gasteiger partial charge in [-0.25, -0.2) is 4.98 Å². The van der Waals surface area contributed by atoms with Crippen molar-refractivity contribution in [2.45, 2.75) is 20.0 Å². The van der Waals surface area contributed by atoms with Gasteiger partial charge in [0.1, 0.15) is 34.5 Å². The zero-order valence-electron chi connectivity index (χ0n) is 16.7. The molecule has 3 aromatic heterocycles. The van der Waals surface area contributed by atoms with Crippen molar-refractivity contribution in [3.8, 4) is 11.8 Å². The molecule has 12 heteroatoms. The summed E-state index contributed by atoms with van der Waals surface area (Å²) >= 11 is 2.53. The molecule has 0 aliphatic carbocycles. The molecule has 0 aliphatic heterocycles. The topological polar surface area (TPSA) is 135 Å². The number of anilines is 1. The van der Waals surface area contributed by atoms with Gasteiger partial charge in [0, 0.05) is 6.07 Å². The zero-order valence-corrected chi connectivity index (χ0v) is 18.3. The Hall–Kier alpha value is -3.95. The summed E-state index contributed by atoms with van der Waals surface area (Å²) in [6.45, 7) is 2.09. The van der Waals surface area contributed by atoms with Crippen molar-refractivity contribution in [2.75, 3.05) is 5.32 Å². The third-order valence-corrected chi connectivity index (χ3v) is 5.83. The van der Waals surface area contributed by atoms with E-state index >= 15 is 0 Å². The molecular weight excluding hydrogens is 450 g/mol. The van der Waals surface area contributed by atoms with Crippen molar-refractivity contribution in [2.24, 2.45) is 0 Å². The number of amides is 1. The molecule has 1 N–H and O–H groups in total. The first-order valence-corrected chi connectivity index (χ1v) is 11.1. The molecule has 1 aromatic carbocycles. The molecule has 0 radical (unpaired) electrons. The van der Waals surface area contributed by atoms with Crippen LogP contribution in [0.5, 0.6) is 5.75 Å². The van der Waals surface area contributed by atoms with Crippen molar-refractivity contribution >= 4 is 44.7 Å². The van der Waals surface area contributed by atoms with E-state index in [2.05, 4.69) is 25.6 Å². The van der Waals surface area contributed by atoms with Crippen LogP contribution in [0.25, 0.3) is 11.0 Å². The van der Waals surface area contributed by atoms with Gasteiger partial charge in [0.05, 0.1) is 5.69 Å². The largest absolute Gasteiger partial charge is 0.487 e. The summed E-state index contributed by atoms with van der Waals surface area (Å²) in [5.41, 5.74) is 2.32. The Labute approximate surface area is 189 Å². The smallest absolute Gasteiger partial charge is 0.275 e. The van der Waals surface area contributed by atoms with Gasteiger partial charge in [0.2, 0.25) is 10.1 Å². The number of fused-ring (bicyclic) bond motifs is 1. The number of nitriles is 1. The molecule has 0 saturated carbocycles. The second-order valence-corrected chi connectivity index (χ2v) is 8.23. The third-order valence-electron chi connectivity index (χ3n) is 4.17. The second-order valence-electron chi connectivity index (χ2n) is 6.35. The van der Waals surface area contributed by atoms with E-state index in [1.165, 1.54) is 33.5 Å². The first-order valence-electron chi connectivity index (χ1n) is 9.36. The van der Waals surface area contributed by atoms with E-state index in [0.717, 1.165) is 22.8 Å². The van der Waals surface area contributed by atoms with Gasteiger partial charge in [-0.2, -0.15) is 14.9 Å². The number of hydrogen-bond acceptors (Lipinski definition) is 10. The van der Waals surface area contributed by atoms with Crippen LogP contribution in [0.1, 0.15) is 23.2 Å². The van der Waals surface area contributed by atoms with Crippen LogP contribution in [0.3, 0.4) is 0 Å². The van der Waals surface area contributed by atoms with E-state index in [-0.39, 0.29) is 17.7 Å². The average molecular weight is 466 g/mol. The molecule has 0 saturated heterocycles. The molecule has 0 spiro atoms. The summed E-state index contributed by atoms with van der Waals surface area (Å²) in [6, 6.07) is 10.1. The maximum atomic E-state index is 12.2. The van der Waals surface area contributed by atoms with E-state index in [1.807, 2.05) is 13.0 Å². The van der Waals surface area contributed by atoms with Crippen LogP contribution >= 0.6 is 22.7 Å². The van der Waals surface area contributed by atoms with E-state index in [0.29, 0.717) is 27.1 Å². The highest BCUT2D eigenvalue weighted by Gasteiger charge is 2.12. The monoisotopic (exact) mass is 465 g/mol. The molecule has 4 rings (SSSR count). The lowest BCUT2D eigenvalue weighted by Gasteiger charge is -2.06. The normalized spacial score (nSPS) is 11.3. The van der Waals surface area contributed by atoms with Gasteiger partial charge < -0.3 is 4.74 Å². The van der Waals surface area contributed by atoms with Crippen LogP contribution in [0.2, 0.25) is 0 Å². The Morgan fingerprint density at radius 2 is 2.16 bits per heavy atom. The number of carbonyl (C=O) groups excluding carboxylic acids is 1. The fraction of sp³-hybridized carbons (Fsp3) is 0.150. The molecule has 160 valence electrons. The van der Waals surface area contributed by atoms with Crippen LogP contribution in [-0.4, -0.2) is 30.7 Å². The quantitative estimate of drug-likeness (QED) is 0.325. The molecule has 3 heterocycles. The highest BCUT2D eigenvalue weighted by atomic mass is 32.1. The summed E-state index contributed by atoms with van der Waals surface area (Å²) in [6.07, 6.45) is 2.20. The van der Waals surface area contributed by atoms with Gasteiger partial charge in [0.25, 0.3) is 11.5 Å². The molecule has 0 atom stereocenters. The highest BCUT2D eigenvalue weighted by molar-refractivity contribution is 7.16. The van der Waals surface area contributed by atoms with Gasteiger partial charge in [-0.05, 0) is 30.2 Å². The molecule has 4 aromatic rings. The lowest BCUT2D eigenvalue weighted by Crippen LogP contribution is -2.16. The van der Waals surface area contributed by atoms with Crippen molar-refractivity contribution in [1.29, 1.82) is 5.26 Å². The number of benzene rings is 1. The van der Waals surface area contributed by atoms with Gasteiger partial charge in [-0.15, -0.1) is 10.2 Å². The summed E-state index contributed by atoms with van der Waals surface area (Å²) < 4.78 is 7.02. The number of ether oxygens (including phenoxy) is 1. The van der Waals surface area contributed by atoms with Gasteiger partial charge in [-0.1, -0.05) is 41.7 Å². The first kappa shape index (κ1) is 21.3. The van der Waals surface area contributed by atoms with Crippen molar-refractivity contribution in [1.82, 2.24) is 24.8 Å². The number of carbonyl (C=O) groups is 1. The second kappa shape index (κ2) is 9.46. The van der Waals surface area contributed by atoms with Crippen LogP contribution < -0.4 is 15.6 Å². The maximum absolute atomic E-state index is 12.2. The summed E-state index contributed by atoms with van der Waals surface area (Å²) in [4.78, 5) is 29.4. The van der Waals surface area contributed by atoms with Crippen molar-refractivity contribution in [3.05, 3.63) is 68.0 Å². The Kier molecular flexibility index (Phi) is 6.29. The standard InChI is InChI=1S/C20H15N7O3S2/c1-2-16-26-27-17(28)8-14(23-20(27)32-16)10-30-15-5-3-12(4-6-15)7-13(9-21)18(29)24-19-25-22-11-31-19/h3-8,11H,2,10H2,1H3,(H,24,25,29). The number of nitrogens with one attached hydrogen (secondary N) is 1. The fourth-order valence-electron chi connectivity index (χ4n) is 2.64. The molecular formula is C20H15N7O3S2. The van der Waals surface area contributed by atoms with Gasteiger partial charge >= 0.3 is 0 Å². The van der Waals surface area contributed by atoms with Crippen LogP contribution in [0.4, 0.5) is 5.13 Å². The minimum Gasteiger partial charge on any atom is -0.487 e.